The molecule has 7 N–H and O–H groups in total. The number of nitrogens with one attached hydrogen (secondary N) is 3. The Morgan fingerprint density at radius 2 is 1.62 bits per heavy atom. The molecule has 0 spiro atoms. The maximum Gasteiger partial charge on any atom is 0.416 e. The first-order valence-corrected chi connectivity index (χ1v) is 13.1. The lowest BCUT2D eigenvalue weighted by molar-refractivity contribution is -0.138. The number of hydrogen-bond donors (Lipinski definition) is 6. The molecule has 14 heteroatoms. The van der Waals surface area contributed by atoms with Crippen molar-refractivity contribution < 1.29 is 33.0 Å². The van der Waals surface area contributed by atoms with Crippen LogP contribution in [0.4, 0.5) is 24.7 Å². The van der Waals surface area contributed by atoms with Gasteiger partial charge in [-0.05, 0) is 61.3 Å². The van der Waals surface area contributed by atoms with Gasteiger partial charge in [-0.15, -0.1) is 0 Å². The van der Waals surface area contributed by atoms with Crippen molar-refractivity contribution in [2.45, 2.75) is 51.1 Å². The number of carboxylic acid groups (broad SMARTS) is 2. The molecule has 0 amide bonds. The van der Waals surface area contributed by atoms with Crippen LogP contribution in [0.25, 0.3) is 0 Å². The van der Waals surface area contributed by atoms with E-state index in [0.29, 0.717) is 6.54 Å². The Morgan fingerprint density at radius 1 is 1.05 bits per heavy atom. The van der Waals surface area contributed by atoms with Crippen molar-refractivity contribution in [3.63, 3.8) is 0 Å². The van der Waals surface area contributed by atoms with Crippen molar-refractivity contribution in [3.05, 3.63) is 83.3 Å². The number of carboxylic acids is 2. The van der Waals surface area contributed by atoms with E-state index in [1.807, 2.05) is 24.3 Å². The van der Waals surface area contributed by atoms with E-state index in [1.54, 1.807) is 6.20 Å². The Bertz CT molecular complexity index is 1310. The highest BCUT2D eigenvalue weighted by Gasteiger charge is 2.44. The summed E-state index contributed by atoms with van der Waals surface area (Å²) in [5.74, 6) is -0.867. The molecule has 2 aliphatic rings. The van der Waals surface area contributed by atoms with Crippen molar-refractivity contribution >= 4 is 23.4 Å². The van der Waals surface area contributed by atoms with Gasteiger partial charge in [0, 0.05) is 38.3 Å². The first-order chi connectivity index (χ1) is 19.8. The second-order valence-corrected chi connectivity index (χ2v) is 9.69. The van der Waals surface area contributed by atoms with Crippen LogP contribution in [0, 0.1) is 0 Å². The Balaban J connectivity index is 0.000000540. The Labute approximate surface area is 240 Å². The number of rotatable bonds is 5. The van der Waals surface area contributed by atoms with Crippen LogP contribution >= 0.6 is 0 Å². The second-order valence-electron chi connectivity index (χ2n) is 9.69. The van der Waals surface area contributed by atoms with Crippen LogP contribution in [0.3, 0.4) is 0 Å². The van der Waals surface area contributed by atoms with E-state index in [-0.39, 0.29) is 6.04 Å². The predicted octanol–water partition coefficient (Wildman–Crippen LogP) is 3.53. The molecule has 2 aliphatic heterocycles. The number of aliphatic carboxylic acids is 2. The van der Waals surface area contributed by atoms with Crippen molar-refractivity contribution in [2.75, 3.05) is 23.4 Å². The summed E-state index contributed by atoms with van der Waals surface area (Å²) < 4.78 is 38.2. The van der Waals surface area contributed by atoms with Crippen molar-refractivity contribution in [2.24, 2.45) is 5.73 Å². The van der Waals surface area contributed by atoms with Gasteiger partial charge in [0.2, 0.25) is 0 Å². The zero-order chi connectivity index (χ0) is 30.9. The number of hydrogen-bond acceptors (Lipinski definition) is 9. The van der Waals surface area contributed by atoms with Crippen LogP contribution in [-0.4, -0.2) is 51.3 Å². The minimum Gasteiger partial charge on any atom is -0.481 e. The zero-order valence-corrected chi connectivity index (χ0v) is 23.2. The van der Waals surface area contributed by atoms with E-state index in [4.69, 9.17) is 25.5 Å². The molecular weight excluding hydrogens is 555 g/mol. The largest absolute Gasteiger partial charge is 0.481 e. The lowest BCUT2D eigenvalue weighted by Gasteiger charge is -2.35. The molecule has 1 saturated heterocycles. The van der Waals surface area contributed by atoms with E-state index in [0.717, 1.165) is 80.1 Å². The van der Waals surface area contributed by atoms with Gasteiger partial charge in [-0.1, -0.05) is 24.3 Å². The molecule has 3 aromatic rings. The summed E-state index contributed by atoms with van der Waals surface area (Å²) in [6.45, 7) is 4.46. The minimum atomic E-state index is -4.33. The number of anilines is 2. The monoisotopic (exact) mass is 589 g/mol. The highest BCUT2D eigenvalue weighted by Crippen LogP contribution is 2.38. The Kier molecular flexibility index (Phi) is 10.8. The number of nitrogens with zero attached hydrogens (tertiary/aromatic N) is 3. The number of carbonyl (C=O) groups is 2. The molecule has 5 rings (SSSR count). The molecule has 0 radical (unpaired) electrons. The van der Waals surface area contributed by atoms with Crippen LogP contribution in [0.15, 0.2) is 61.1 Å². The Morgan fingerprint density at radius 3 is 2.17 bits per heavy atom. The predicted molar refractivity (Wildman–Crippen MR) is 150 cm³/mol. The molecule has 226 valence electrons. The third-order valence-corrected chi connectivity index (χ3v) is 6.43. The fourth-order valence-electron chi connectivity index (χ4n) is 4.51. The maximum absolute atomic E-state index is 12.7. The number of fused-ring (bicyclic) bond motifs is 1. The van der Waals surface area contributed by atoms with Gasteiger partial charge < -0.3 is 26.6 Å². The molecule has 0 aliphatic carbocycles. The summed E-state index contributed by atoms with van der Waals surface area (Å²) in [5.41, 5.74) is 12.0. The van der Waals surface area contributed by atoms with E-state index in [9.17, 15) is 13.2 Å². The summed E-state index contributed by atoms with van der Waals surface area (Å²) in [6.07, 6.45) is 0.932. The topological polar surface area (TPSA) is 166 Å². The number of benzene rings is 2. The van der Waals surface area contributed by atoms with Crippen LogP contribution in [0.1, 0.15) is 48.9 Å². The van der Waals surface area contributed by atoms with Crippen LogP contribution < -0.4 is 26.8 Å². The van der Waals surface area contributed by atoms with E-state index >= 15 is 0 Å². The fourth-order valence-corrected chi connectivity index (χ4v) is 4.51. The highest BCUT2D eigenvalue weighted by molar-refractivity contribution is 5.63. The molecule has 3 heterocycles. The summed E-state index contributed by atoms with van der Waals surface area (Å²) in [6, 6.07) is 13.1. The van der Waals surface area contributed by atoms with E-state index < -0.39 is 29.3 Å². The third kappa shape index (κ3) is 8.61. The molecule has 0 bridgehead atoms. The molecule has 1 unspecified atom stereocenters. The summed E-state index contributed by atoms with van der Waals surface area (Å²) in [4.78, 5) is 26.7. The number of nitrogens with two attached hydrogens (primary N) is 1. The molecular formula is C28H34F3N7O4. The van der Waals surface area contributed by atoms with Crippen molar-refractivity contribution in [1.29, 1.82) is 0 Å². The van der Waals surface area contributed by atoms with Gasteiger partial charge in [0.1, 0.15) is 12.0 Å². The normalized spacial score (nSPS) is 18.1. The number of halogens is 3. The third-order valence-electron chi connectivity index (χ3n) is 6.43. The van der Waals surface area contributed by atoms with Crippen molar-refractivity contribution in [3.8, 4) is 0 Å². The van der Waals surface area contributed by atoms with Gasteiger partial charge in [-0.3, -0.25) is 14.6 Å². The average Bonchev–Trinajstić information content (AvgIpc) is 3.25. The zero-order valence-electron chi connectivity index (χ0n) is 23.2. The number of alkyl halides is 3. The van der Waals surface area contributed by atoms with E-state index in [2.05, 4.69) is 31.0 Å². The molecule has 0 saturated carbocycles. The number of hydrazine groups is 1. The smallest absolute Gasteiger partial charge is 0.416 e. The molecule has 1 aromatic heterocycles. The molecule has 2 aromatic carbocycles. The SMILES string of the molecule is CC(=O)O.CC(=O)O.NC1(c2ccc(NCc3ccc(C(F)(F)F)cc3)cc2)NN(C2CCNCC2)c2ncncc21. The van der Waals surface area contributed by atoms with Gasteiger partial charge >= 0.3 is 6.18 Å². The summed E-state index contributed by atoms with van der Waals surface area (Å²) in [7, 11) is 0. The maximum atomic E-state index is 12.7. The van der Waals surface area contributed by atoms with Crippen LogP contribution in [0.5, 0.6) is 0 Å². The van der Waals surface area contributed by atoms with Gasteiger partial charge in [0.25, 0.3) is 11.9 Å². The molecule has 1 atom stereocenters. The van der Waals surface area contributed by atoms with Gasteiger partial charge in [0.15, 0.2) is 5.82 Å². The molecule has 42 heavy (non-hydrogen) atoms. The number of aromatic nitrogens is 2. The second kappa shape index (κ2) is 14.1. The Hall–Kier alpha value is -4.27. The van der Waals surface area contributed by atoms with Gasteiger partial charge in [-0.25, -0.2) is 15.4 Å². The quantitative estimate of drug-likeness (QED) is 0.258. The molecule has 11 nitrogen and oxygen atoms in total. The molecule has 1 fully saturated rings. The standard InChI is InChI=1S/C24H26F3N7.2C2H4O2/c25-24(26,27)18-3-1-16(2-4-18)13-31-19-7-5-17(6-8-19)23(28)21-14-30-15-32-22(21)34(33-23)20-9-11-29-12-10-20;2*1-2(3)4/h1-8,14-15,20,29,31,33H,9-13,28H2;2*1H3,(H,3,4). The number of piperidine rings is 1. The first kappa shape index (κ1) is 32.2. The average molecular weight is 590 g/mol. The summed E-state index contributed by atoms with van der Waals surface area (Å²) in [5, 5.41) is 23.5. The fraction of sp³-hybridized carbons (Fsp3) is 0.357. The van der Waals surface area contributed by atoms with Gasteiger partial charge in [-0.2, -0.15) is 13.2 Å². The highest BCUT2D eigenvalue weighted by atomic mass is 19.4. The van der Waals surface area contributed by atoms with Crippen molar-refractivity contribution in [1.82, 2.24) is 20.7 Å². The van der Waals surface area contributed by atoms with Crippen LogP contribution in [0.2, 0.25) is 0 Å². The van der Waals surface area contributed by atoms with E-state index in [1.165, 1.54) is 18.5 Å². The first-order valence-electron chi connectivity index (χ1n) is 13.1. The lowest BCUT2D eigenvalue weighted by Crippen LogP contribution is -2.57. The lowest BCUT2D eigenvalue weighted by atomic mass is 9.95. The van der Waals surface area contributed by atoms with Crippen LogP contribution in [-0.2, 0) is 28.0 Å². The summed E-state index contributed by atoms with van der Waals surface area (Å²) >= 11 is 0. The minimum absolute atomic E-state index is 0.282. The van der Waals surface area contributed by atoms with Gasteiger partial charge in [0.05, 0.1) is 11.1 Å².